The molecule has 35 heavy (non-hydrogen) atoms. The van der Waals surface area contributed by atoms with E-state index in [9.17, 15) is 4.79 Å². The average Bonchev–Trinajstić information content (AvgIpc) is 2.88. The molecule has 0 saturated carbocycles. The van der Waals surface area contributed by atoms with Crippen molar-refractivity contribution in [2.24, 2.45) is 0 Å². The van der Waals surface area contributed by atoms with E-state index in [4.69, 9.17) is 16.9 Å². The standard InChI is InChI=1S/C31H33ClN2O/c1-3-4-5-6-8-11-23(2)25-16-14-24(15-17-25)20-29(26-12-9-7-10-13-26)31(35)34-28-19-18-27(22-33)30(32)21-28/h7,9-10,12-19,21,29H,2-6,8,11,20H2,1H3,(H,34,35). The van der Waals surface area contributed by atoms with Gasteiger partial charge in [-0.05, 0) is 59.7 Å². The summed E-state index contributed by atoms with van der Waals surface area (Å²) in [6.07, 6.45) is 7.87. The molecule has 0 saturated heterocycles. The number of amides is 1. The van der Waals surface area contributed by atoms with Gasteiger partial charge in [0.25, 0.3) is 0 Å². The summed E-state index contributed by atoms with van der Waals surface area (Å²) < 4.78 is 0. The van der Waals surface area contributed by atoms with E-state index < -0.39 is 0 Å². The quantitative estimate of drug-likeness (QED) is 0.262. The van der Waals surface area contributed by atoms with Crippen LogP contribution in [0.3, 0.4) is 0 Å². The highest BCUT2D eigenvalue weighted by molar-refractivity contribution is 6.32. The van der Waals surface area contributed by atoms with Gasteiger partial charge in [-0.2, -0.15) is 5.26 Å². The van der Waals surface area contributed by atoms with Crippen molar-refractivity contribution in [1.29, 1.82) is 5.26 Å². The molecule has 0 aliphatic rings. The van der Waals surface area contributed by atoms with E-state index >= 15 is 0 Å². The van der Waals surface area contributed by atoms with Gasteiger partial charge < -0.3 is 5.32 Å². The van der Waals surface area contributed by atoms with Crippen LogP contribution in [-0.4, -0.2) is 5.91 Å². The second-order valence-corrected chi connectivity index (χ2v) is 9.33. The van der Waals surface area contributed by atoms with Crippen molar-refractivity contribution in [1.82, 2.24) is 0 Å². The van der Waals surface area contributed by atoms with E-state index in [-0.39, 0.29) is 11.8 Å². The Hall–Kier alpha value is -3.35. The molecule has 1 atom stereocenters. The molecular weight excluding hydrogens is 452 g/mol. The van der Waals surface area contributed by atoms with Crippen LogP contribution in [0.5, 0.6) is 0 Å². The number of carbonyl (C=O) groups excluding carboxylic acids is 1. The summed E-state index contributed by atoms with van der Waals surface area (Å²) in [5.74, 6) is -0.476. The molecule has 0 fully saturated rings. The summed E-state index contributed by atoms with van der Waals surface area (Å²) in [5.41, 5.74) is 5.33. The number of carbonyl (C=O) groups is 1. The number of hydrogen-bond donors (Lipinski definition) is 1. The number of nitrogens with one attached hydrogen (secondary N) is 1. The summed E-state index contributed by atoms with van der Waals surface area (Å²) in [6.45, 7) is 6.51. The van der Waals surface area contributed by atoms with Crippen molar-refractivity contribution in [3.63, 3.8) is 0 Å². The number of allylic oxidation sites excluding steroid dienone is 1. The normalized spacial score (nSPS) is 11.5. The van der Waals surface area contributed by atoms with E-state index in [1.54, 1.807) is 18.2 Å². The predicted octanol–water partition coefficient (Wildman–Crippen LogP) is 8.55. The van der Waals surface area contributed by atoms with Gasteiger partial charge in [0.2, 0.25) is 5.91 Å². The second kappa shape index (κ2) is 13.5. The lowest BCUT2D eigenvalue weighted by atomic mass is 9.90. The lowest BCUT2D eigenvalue weighted by Crippen LogP contribution is -2.23. The Morgan fingerprint density at radius 3 is 2.37 bits per heavy atom. The van der Waals surface area contributed by atoms with E-state index in [1.165, 1.54) is 37.7 Å². The van der Waals surface area contributed by atoms with Gasteiger partial charge in [-0.3, -0.25) is 4.79 Å². The number of rotatable bonds is 12. The van der Waals surface area contributed by atoms with Crippen LogP contribution in [0.15, 0.2) is 79.4 Å². The van der Waals surface area contributed by atoms with Crippen LogP contribution in [0.2, 0.25) is 5.02 Å². The van der Waals surface area contributed by atoms with Gasteiger partial charge in [-0.25, -0.2) is 0 Å². The zero-order valence-corrected chi connectivity index (χ0v) is 21.2. The van der Waals surface area contributed by atoms with Crippen molar-refractivity contribution in [2.75, 3.05) is 5.32 Å². The third kappa shape index (κ3) is 7.84. The molecule has 3 aromatic carbocycles. The highest BCUT2D eigenvalue weighted by atomic mass is 35.5. The molecule has 0 heterocycles. The fourth-order valence-corrected chi connectivity index (χ4v) is 4.38. The molecule has 1 N–H and O–H groups in total. The maximum absolute atomic E-state index is 13.3. The fourth-order valence-electron chi connectivity index (χ4n) is 4.16. The molecule has 0 aliphatic carbocycles. The molecule has 0 radical (unpaired) electrons. The smallest absolute Gasteiger partial charge is 0.232 e. The van der Waals surface area contributed by atoms with Crippen molar-refractivity contribution < 1.29 is 4.79 Å². The topological polar surface area (TPSA) is 52.9 Å². The van der Waals surface area contributed by atoms with Gasteiger partial charge in [0.1, 0.15) is 6.07 Å². The second-order valence-electron chi connectivity index (χ2n) is 8.93. The Kier molecular flexibility index (Phi) is 10.1. The number of nitrogens with zero attached hydrogens (tertiary/aromatic N) is 1. The number of nitriles is 1. The first kappa shape index (κ1) is 26.3. The lowest BCUT2D eigenvalue weighted by Gasteiger charge is -2.18. The molecule has 4 heteroatoms. The molecule has 0 aromatic heterocycles. The van der Waals surface area contributed by atoms with E-state index in [2.05, 4.69) is 43.1 Å². The van der Waals surface area contributed by atoms with Gasteiger partial charge in [0.05, 0.1) is 16.5 Å². The van der Waals surface area contributed by atoms with Gasteiger partial charge >= 0.3 is 0 Å². The SMILES string of the molecule is C=C(CCCCCCC)c1ccc(CC(C(=O)Nc2ccc(C#N)c(Cl)c2)c2ccccc2)cc1. The van der Waals surface area contributed by atoms with E-state index in [1.807, 2.05) is 36.4 Å². The monoisotopic (exact) mass is 484 g/mol. The molecular formula is C31H33ClN2O. The van der Waals surface area contributed by atoms with Crippen molar-refractivity contribution in [3.05, 3.63) is 107 Å². The first-order chi connectivity index (χ1) is 17.0. The lowest BCUT2D eigenvalue weighted by molar-refractivity contribution is -0.117. The van der Waals surface area contributed by atoms with Crippen LogP contribution in [0.4, 0.5) is 5.69 Å². The average molecular weight is 485 g/mol. The summed E-state index contributed by atoms with van der Waals surface area (Å²) in [5, 5.41) is 12.4. The Labute approximate surface area is 214 Å². The van der Waals surface area contributed by atoms with Crippen LogP contribution >= 0.6 is 11.6 Å². The van der Waals surface area contributed by atoms with Crippen molar-refractivity contribution in [2.45, 2.75) is 57.8 Å². The minimum Gasteiger partial charge on any atom is -0.325 e. The maximum atomic E-state index is 13.3. The number of anilines is 1. The van der Waals surface area contributed by atoms with Crippen LogP contribution < -0.4 is 5.32 Å². The Bertz CT molecular complexity index is 1160. The van der Waals surface area contributed by atoms with Crippen LogP contribution in [0.1, 0.15) is 73.6 Å². The third-order valence-corrected chi connectivity index (χ3v) is 6.57. The first-order valence-corrected chi connectivity index (χ1v) is 12.7. The number of unbranched alkanes of at least 4 members (excludes halogenated alkanes) is 4. The Balaban J connectivity index is 1.69. The summed E-state index contributed by atoms with van der Waals surface area (Å²) in [4.78, 5) is 13.3. The molecule has 3 aromatic rings. The number of hydrogen-bond acceptors (Lipinski definition) is 2. The number of benzene rings is 3. The minimum atomic E-state index is -0.363. The highest BCUT2D eigenvalue weighted by Crippen LogP contribution is 2.27. The van der Waals surface area contributed by atoms with Gasteiger partial charge in [-0.1, -0.05) is 105 Å². The van der Waals surface area contributed by atoms with Gasteiger partial charge in [-0.15, -0.1) is 0 Å². The molecule has 180 valence electrons. The number of halogens is 1. The van der Waals surface area contributed by atoms with Crippen molar-refractivity contribution in [3.8, 4) is 6.07 Å². The van der Waals surface area contributed by atoms with Crippen LogP contribution in [-0.2, 0) is 11.2 Å². The van der Waals surface area contributed by atoms with Gasteiger partial charge in [0, 0.05) is 5.69 Å². The van der Waals surface area contributed by atoms with Crippen LogP contribution in [0.25, 0.3) is 5.57 Å². The third-order valence-electron chi connectivity index (χ3n) is 6.26. The summed E-state index contributed by atoms with van der Waals surface area (Å²) in [6, 6.07) is 25.2. The molecule has 1 unspecified atom stereocenters. The van der Waals surface area contributed by atoms with Crippen LogP contribution in [0, 0.1) is 11.3 Å². The largest absolute Gasteiger partial charge is 0.325 e. The van der Waals surface area contributed by atoms with Gasteiger partial charge in [0.15, 0.2) is 0 Å². The molecule has 0 aliphatic heterocycles. The summed E-state index contributed by atoms with van der Waals surface area (Å²) in [7, 11) is 0. The zero-order valence-electron chi connectivity index (χ0n) is 20.4. The fraction of sp³-hybridized carbons (Fsp3) is 0.290. The Morgan fingerprint density at radius 1 is 1.00 bits per heavy atom. The molecule has 3 nitrogen and oxygen atoms in total. The predicted molar refractivity (Wildman–Crippen MR) is 147 cm³/mol. The molecule has 0 spiro atoms. The molecule has 1 amide bonds. The highest BCUT2D eigenvalue weighted by Gasteiger charge is 2.21. The molecule has 0 bridgehead atoms. The molecule has 3 rings (SSSR count). The van der Waals surface area contributed by atoms with Crippen molar-refractivity contribution >= 4 is 28.8 Å². The Morgan fingerprint density at radius 2 is 1.71 bits per heavy atom. The zero-order chi connectivity index (χ0) is 25.0. The van der Waals surface area contributed by atoms with E-state index in [0.717, 1.165) is 23.1 Å². The van der Waals surface area contributed by atoms with E-state index in [0.29, 0.717) is 22.7 Å². The first-order valence-electron chi connectivity index (χ1n) is 12.3. The maximum Gasteiger partial charge on any atom is 0.232 e. The summed E-state index contributed by atoms with van der Waals surface area (Å²) >= 11 is 6.15. The minimum absolute atomic E-state index is 0.113.